The summed E-state index contributed by atoms with van der Waals surface area (Å²) in [7, 11) is 1.49. The minimum absolute atomic E-state index is 0.174. The van der Waals surface area contributed by atoms with Crippen molar-refractivity contribution in [1.82, 2.24) is 29.9 Å². The van der Waals surface area contributed by atoms with Crippen LogP contribution in [0, 0.1) is 6.92 Å². The third kappa shape index (κ3) is 6.01. The fraction of sp³-hybridized carbons (Fsp3) is 0.179. The van der Waals surface area contributed by atoms with E-state index in [1.165, 1.54) is 24.0 Å². The Bertz CT molecular complexity index is 1740. The monoisotopic (exact) mass is 578 g/mol. The predicted molar refractivity (Wildman–Crippen MR) is 149 cm³/mol. The highest BCUT2D eigenvalue weighted by molar-refractivity contribution is 5.88. The number of amides is 2. The second-order valence-corrected chi connectivity index (χ2v) is 9.03. The van der Waals surface area contributed by atoms with Crippen molar-refractivity contribution in [2.45, 2.75) is 13.1 Å². The van der Waals surface area contributed by atoms with Gasteiger partial charge in [-0.2, -0.15) is 18.3 Å². The summed E-state index contributed by atoms with van der Waals surface area (Å²) in [4.78, 5) is 24.2. The maximum absolute atomic E-state index is 13.5. The number of benzene rings is 1. The van der Waals surface area contributed by atoms with E-state index in [0.29, 0.717) is 45.5 Å². The average Bonchev–Trinajstić information content (AvgIpc) is 3.30. The number of methoxy groups -OCH3 is 1. The number of rotatable bonds is 8. The van der Waals surface area contributed by atoms with Crippen molar-refractivity contribution in [2.75, 3.05) is 31.3 Å². The highest BCUT2D eigenvalue weighted by atomic mass is 19.4. The highest BCUT2D eigenvalue weighted by Crippen LogP contribution is 2.36. The minimum Gasteiger partial charge on any atom is -0.493 e. The van der Waals surface area contributed by atoms with Crippen LogP contribution in [0.3, 0.4) is 0 Å². The molecule has 1 aromatic carbocycles. The smallest absolute Gasteiger partial charge is 0.419 e. The number of aryl methyl sites for hydroxylation is 1. The second-order valence-electron chi connectivity index (χ2n) is 9.03. The van der Waals surface area contributed by atoms with Crippen molar-refractivity contribution in [3.63, 3.8) is 0 Å². The molecule has 4 aromatic heterocycles. The van der Waals surface area contributed by atoms with Crippen molar-refractivity contribution >= 4 is 23.2 Å². The fourth-order valence-electron chi connectivity index (χ4n) is 4.24. The molecule has 0 atom stereocenters. The van der Waals surface area contributed by atoms with Crippen LogP contribution in [0.25, 0.3) is 28.2 Å². The molecular weight excluding hydrogens is 553 g/mol. The van der Waals surface area contributed by atoms with Crippen LogP contribution in [0.1, 0.15) is 11.3 Å². The molecule has 0 saturated carbocycles. The number of pyridine rings is 2. The molecule has 14 heteroatoms. The Labute approximate surface area is 237 Å². The Hall–Kier alpha value is -5.40. The van der Waals surface area contributed by atoms with E-state index in [1.54, 1.807) is 55.6 Å². The molecule has 4 N–H and O–H groups in total. The molecule has 2 amide bonds. The molecule has 42 heavy (non-hydrogen) atoms. The van der Waals surface area contributed by atoms with Crippen LogP contribution in [0.15, 0.2) is 67.1 Å². The summed E-state index contributed by atoms with van der Waals surface area (Å²) in [5.41, 5.74) is 7.65. The van der Waals surface area contributed by atoms with Crippen molar-refractivity contribution in [3.8, 4) is 34.0 Å². The summed E-state index contributed by atoms with van der Waals surface area (Å²) in [6, 6.07) is 12.6. The van der Waals surface area contributed by atoms with E-state index in [4.69, 9.17) is 15.2 Å². The molecule has 0 aliphatic heterocycles. The van der Waals surface area contributed by atoms with Gasteiger partial charge < -0.3 is 25.8 Å². The topological polar surface area (TPSA) is 142 Å². The number of halogens is 3. The van der Waals surface area contributed by atoms with Gasteiger partial charge in [-0.1, -0.05) is 0 Å². The van der Waals surface area contributed by atoms with Gasteiger partial charge in [0.15, 0.2) is 17.1 Å². The molecule has 0 unspecified atom stereocenters. The number of ether oxygens (including phenoxy) is 2. The van der Waals surface area contributed by atoms with Crippen LogP contribution in [-0.2, 0) is 6.18 Å². The van der Waals surface area contributed by atoms with Crippen molar-refractivity contribution in [2.24, 2.45) is 0 Å². The Kier molecular flexibility index (Phi) is 7.78. The number of urea groups is 1. The first kappa shape index (κ1) is 28.1. The molecule has 4 heterocycles. The fourth-order valence-corrected chi connectivity index (χ4v) is 4.24. The first-order chi connectivity index (χ1) is 20.1. The number of anilines is 2. The summed E-state index contributed by atoms with van der Waals surface area (Å²) in [5, 5.41) is 10.0. The molecule has 11 nitrogen and oxygen atoms in total. The van der Waals surface area contributed by atoms with Gasteiger partial charge >= 0.3 is 12.2 Å². The van der Waals surface area contributed by atoms with Crippen molar-refractivity contribution in [1.29, 1.82) is 0 Å². The number of nitrogens with zero attached hydrogens (tertiary/aromatic N) is 5. The zero-order valence-electron chi connectivity index (χ0n) is 22.4. The third-order valence-electron chi connectivity index (χ3n) is 6.17. The molecule has 0 bridgehead atoms. The largest absolute Gasteiger partial charge is 0.493 e. The van der Waals surface area contributed by atoms with Crippen molar-refractivity contribution in [3.05, 3.63) is 78.4 Å². The number of nitrogens with one attached hydrogen (secondary N) is 2. The third-order valence-corrected chi connectivity index (χ3v) is 6.17. The molecule has 0 saturated heterocycles. The van der Waals surface area contributed by atoms with Crippen LogP contribution in [0.2, 0.25) is 0 Å². The number of nitrogen functional groups attached to an aromatic ring is 1. The number of fused-ring (bicyclic) bond motifs is 1. The summed E-state index contributed by atoms with van der Waals surface area (Å²) >= 11 is 0. The van der Waals surface area contributed by atoms with Gasteiger partial charge in [0.1, 0.15) is 12.4 Å². The van der Waals surface area contributed by atoms with Gasteiger partial charge in [0, 0.05) is 23.5 Å². The highest BCUT2D eigenvalue weighted by Gasteiger charge is 2.34. The lowest BCUT2D eigenvalue weighted by molar-refractivity contribution is -0.137. The lowest BCUT2D eigenvalue weighted by Gasteiger charge is -2.13. The van der Waals surface area contributed by atoms with Gasteiger partial charge in [-0.05, 0) is 55.5 Å². The van der Waals surface area contributed by atoms with Gasteiger partial charge in [0.25, 0.3) is 0 Å². The van der Waals surface area contributed by atoms with Gasteiger partial charge in [-0.25, -0.2) is 19.3 Å². The van der Waals surface area contributed by atoms with Gasteiger partial charge in [-0.15, -0.1) is 0 Å². The Morgan fingerprint density at radius 3 is 2.64 bits per heavy atom. The normalized spacial score (nSPS) is 11.4. The number of imidazole rings is 1. The molecule has 0 aliphatic carbocycles. The summed E-state index contributed by atoms with van der Waals surface area (Å²) in [6.45, 7) is 2.08. The molecule has 0 aliphatic rings. The van der Waals surface area contributed by atoms with Crippen molar-refractivity contribution < 1.29 is 27.4 Å². The molecule has 5 rings (SSSR count). The molecule has 0 spiro atoms. The van der Waals surface area contributed by atoms with E-state index >= 15 is 0 Å². The zero-order valence-corrected chi connectivity index (χ0v) is 22.4. The van der Waals surface area contributed by atoms with Crippen LogP contribution in [0.5, 0.6) is 11.5 Å². The predicted octanol–water partition coefficient (Wildman–Crippen LogP) is 4.97. The zero-order chi connectivity index (χ0) is 29.9. The minimum atomic E-state index is -4.66. The first-order valence-electron chi connectivity index (χ1n) is 12.6. The first-order valence-corrected chi connectivity index (χ1v) is 12.6. The van der Waals surface area contributed by atoms with Crippen LogP contribution >= 0.6 is 0 Å². The number of carbonyl (C=O) groups excluding carboxylic acids is 1. The molecule has 0 radical (unpaired) electrons. The Balaban J connectivity index is 1.34. The van der Waals surface area contributed by atoms with Gasteiger partial charge in [-0.3, -0.25) is 4.98 Å². The Morgan fingerprint density at radius 1 is 1.07 bits per heavy atom. The number of alkyl halides is 3. The van der Waals surface area contributed by atoms with E-state index in [-0.39, 0.29) is 18.7 Å². The Morgan fingerprint density at radius 2 is 1.90 bits per heavy atom. The number of aromatic nitrogens is 5. The maximum atomic E-state index is 13.5. The van der Waals surface area contributed by atoms with Crippen LogP contribution < -0.4 is 25.8 Å². The maximum Gasteiger partial charge on any atom is 0.419 e. The lowest BCUT2D eigenvalue weighted by Crippen LogP contribution is -2.32. The number of hydrogen-bond acceptors (Lipinski definition) is 8. The van der Waals surface area contributed by atoms with E-state index in [0.717, 1.165) is 6.07 Å². The van der Waals surface area contributed by atoms with E-state index in [9.17, 15) is 18.0 Å². The quantitative estimate of drug-likeness (QED) is 0.219. The molecule has 0 fully saturated rings. The summed E-state index contributed by atoms with van der Waals surface area (Å²) in [6.07, 6.45) is -0.261. The van der Waals surface area contributed by atoms with Gasteiger partial charge in [0.05, 0.1) is 48.2 Å². The molecule has 216 valence electrons. The SMILES string of the molecule is COc1cc(-c2ccc3nc(C)c(-c4cnc(N)c(C(F)(F)F)c4)n3n2)ccc1OCCNC(=O)Nc1cccnc1. The standard InChI is InChI=1S/C28H25F3N8O3/c1-16-25(18-12-20(28(29,30)31)26(32)35-14-18)39-24(36-16)8-6-21(38-39)17-5-7-22(23(13-17)41-2)42-11-10-34-27(40)37-19-4-3-9-33-15-19/h3-9,12-15H,10-11H2,1-2H3,(H2,32,35)(H2,34,37,40). The second kappa shape index (κ2) is 11.6. The number of carbonyl (C=O) groups is 1. The summed E-state index contributed by atoms with van der Waals surface area (Å²) < 4.78 is 53.2. The summed E-state index contributed by atoms with van der Waals surface area (Å²) in [5.74, 6) is 0.266. The average molecular weight is 579 g/mol. The van der Waals surface area contributed by atoms with Crippen LogP contribution in [0.4, 0.5) is 29.5 Å². The molecular formula is C28H25F3N8O3. The van der Waals surface area contributed by atoms with E-state index in [2.05, 4.69) is 30.7 Å². The van der Waals surface area contributed by atoms with Crippen LogP contribution in [-0.4, -0.2) is 50.9 Å². The van der Waals surface area contributed by atoms with Gasteiger partial charge in [0.2, 0.25) is 0 Å². The molecule has 5 aromatic rings. The number of hydrogen-bond donors (Lipinski definition) is 3. The van der Waals surface area contributed by atoms with E-state index in [1.807, 2.05) is 0 Å². The number of nitrogens with two attached hydrogens (primary N) is 1. The van der Waals surface area contributed by atoms with E-state index < -0.39 is 23.6 Å². The lowest BCUT2D eigenvalue weighted by atomic mass is 10.1.